The summed E-state index contributed by atoms with van der Waals surface area (Å²) in [4.78, 5) is 0. The summed E-state index contributed by atoms with van der Waals surface area (Å²) in [6, 6.07) is 5.88. The number of ether oxygens (including phenoxy) is 2. The Kier molecular flexibility index (Phi) is 3.67. The highest BCUT2D eigenvalue weighted by molar-refractivity contribution is 5.46. The van der Waals surface area contributed by atoms with Gasteiger partial charge in [-0.15, -0.1) is 0 Å². The van der Waals surface area contributed by atoms with Crippen LogP contribution in [0, 0.1) is 5.92 Å². The van der Waals surface area contributed by atoms with Crippen LogP contribution in [0.15, 0.2) is 18.2 Å². The minimum absolute atomic E-state index is 0.487. The lowest BCUT2D eigenvalue weighted by molar-refractivity contribution is 0.264. The van der Waals surface area contributed by atoms with E-state index in [9.17, 15) is 0 Å². The SMILES string of the molecule is CCOc1cccc(CN)c1OCC1CC1. The van der Waals surface area contributed by atoms with Gasteiger partial charge >= 0.3 is 0 Å². The number of para-hydroxylation sites is 1. The number of nitrogens with two attached hydrogens (primary N) is 1. The molecule has 1 aromatic carbocycles. The lowest BCUT2D eigenvalue weighted by atomic mass is 10.2. The number of benzene rings is 1. The van der Waals surface area contributed by atoms with Crippen LogP contribution in [0.2, 0.25) is 0 Å². The highest BCUT2D eigenvalue weighted by atomic mass is 16.5. The Morgan fingerprint density at radius 1 is 1.31 bits per heavy atom. The predicted octanol–water partition coefficient (Wildman–Crippen LogP) is 2.33. The van der Waals surface area contributed by atoms with E-state index in [-0.39, 0.29) is 0 Å². The first-order chi connectivity index (χ1) is 7.85. The largest absolute Gasteiger partial charge is 0.490 e. The first-order valence-electron chi connectivity index (χ1n) is 5.92. The zero-order valence-electron chi connectivity index (χ0n) is 9.74. The molecule has 1 aromatic rings. The molecule has 1 aliphatic rings. The van der Waals surface area contributed by atoms with E-state index in [1.807, 2.05) is 25.1 Å². The van der Waals surface area contributed by atoms with Gasteiger partial charge in [0.05, 0.1) is 13.2 Å². The summed E-state index contributed by atoms with van der Waals surface area (Å²) < 4.78 is 11.4. The molecule has 2 rings (SSSR count). The molecule has 1 fully saturated rings. The zero-order chi connectivity index (χ0) is 11.4. The molecule has 0 bridgehead atoms. The standard InChI is InChI=1S/C13H19NO2/c1-2-15-12-5-3-4-11(8-14)13(12)16-9-10-6-7-10/h3-5,10H,2,6-9,14H2,1H3. The van der Waals surface area contributed by atoms with Crippen LogP contribution >= 0.6 is 0 Å². The third-order valence-corrected chi connectivity index (χ3v) is 2.74. The van der Waals surface area contributed by atoms with Crippen molar-refractivity contribution < 1.29 is 9.47 Å². The van der Waals surface area contributed by atoms with Crippen LogP contribution in [0.25, 0.3) is 0 Å². The second kappa shape index (κ2) is 5.21. The lowest BCUT2D eigenvalue weighted by Crippen LogP contribution is -2.07. The second-order valence-corrected chi connectivity index (χ2v) is 4.14. The average molecular weight is 221 g/mol. The van der Waals surface area contributed by atoms with Crippen molar-refractivity contribution in [3.8, 4) is 11.5 Å². The highest BCUT2D eigenvalue weighted by Gasteiger charge is 2.23. The molecule has 0 spiro atoms. The Hall–Kier alpha value is -1.22. The van der Waals surface area contributed by atoms with Gasteiger partial charge < -0.3 is 15.2 Å². The minimum atomic E-state index is 0.487. The van der Waals surface area contributed by atoms with E-state index in [0.717, 1.165) is 29.6 Å². The third kappa shape index (κ3) is 2.67. The Morgan fingerprint density at radius 3 is 2.75 bits per heavy atom. The van der Waals surface area contributed by atoms with E-state index in [2.05, 4.69) is 0 Å². The molecule has 0 heterocycles. The number of hydrogen-bond acceptors (Lipinski definition) is 3. The normalized spacial score (nSPS) is 14.9. The fourth-order valence-electron chi connectivity index (χ4n) is 1.64. The first-order valence-corrected chi connectivity index (χ1v) is 5.92. The molecule has 88 valence electrons. The van der Waals surface area contributed by atoms with Gasteiger partial charge in [0.1, 0.15) is 0 Å². The van der Waals surface area contributed by atoms with E-state index < -0.39 is 0 Å². The molecule has 0 unspecified atom stereocenters. The van der Waals surface area contributed by atoms with Crippen LogP contribution in [-0.2, 0) is 6.54 Å². The maximum Gasteiger partial charge on any atom is 0.165 e. The highest BCUT2D eigenvalue weighted by Crippen LogP contribution is 2.35. The molecule has 1 saturated carbocycles. The molecular formula is C13H19NO2. The molecule has 16 heavy (non-hydrogen) atoms. The predicted molar refractivity (Wildman–Crippen MR) is 63.7 cm³/mol. The van der Waals surface area contributed by atoms with Gasteiger partial charge in [0.15, 0.2) is 11.5 Å². The van der Waals surface area contributed by atoms with E-state index in [1.165, 1.54) is 12.8 Å². The molecule has 0 atom stereocenters. The summed E-state index contributed by atoms with van der Waals surface area (Å²) >= 11 is 0. The maximum absolute atomic E-state index is 5.83. The smallest absolute Gasteiger partial charge is 0.165 e. The fourth-order valence-corrected chi connectivity index (χ4v) is 1.64. The number of rotatable bonds is 6. The topological polar surface area (TPSA) is 44.5 Å². The van der Waals surface area contributed by atoms with Gasteiger partial charge in [-0.3, -0.25) is 0 Å². The lowest BCUT2D eigenvalue weighted by Gasteiger charge is -2.14. The minimum Gasteiger partial charge on any atom is -0.490 e. The molecular weight excluding hydrogens is 202 g/mol. The van der Waals surface area contributed by atoms with Crippen LogP contribution in [0.5, 0.6) is 11.5 Å². The van der Waals surface area contributed by atoms with Gasteiger partial charge in [-0.25, -0.2) is 0 Å². The Labute approximate surface area is 96.5 Å². The summed E-state index contributed by atoms with van der Waals surface area (Å²) in [7, 11) is 0. The summed E-state index contributed by atoms with van der Waals surface area (Å²) in [5, 5.41) is 0. The summed E-state index contributed by atoms with van der Waals surface area (Å²) in [6.07, 6.45) is 2.57. The Morgan fingerprint density at radius 2 is 2.12 bits per heavy atom. The van der Waals surface area contributed by atoms with Crippen molar-refractivity contribution in [3.05, 3.63) is 23.8 Å². The van der Waals surface area contributed by atoms with Crippen LogP contribution in [0.3, 0.4) is 0 Å². The van der Waals surface area contributed by atoms with Crippen molar-refractivity contribution in [2.75, 3.05) is 13.2 Å². The Balaban J connectivity index is 2.13. The zero-order valence-corrected chi connectivity index (χ0v) is 9.74. The van der Waals surface area contributed by atoms with E-state index in [4.69, 9.17) is 15.2 Å². The van der Waals surface area contributed by atoms with Crippen molar-refractivity contribution in [3.63, 3.8) is 0 Å². The van der Waals surface area contributed by atoms with Crippen molar-refractivity contribution in [2.45, 2.75) is 26.3 Å². The van der Waals surface area contributed by atoms with Crippen molar-refractivity contribution in [1.29, 1.82) is 0 Å². The molecule has 0 aliphatic heterocycles. The van der Waals surface area contributed by atoms with Crippen LogP contribution in [-0.4, -0.2) is 13.2 Å². The molecule has 0 aromatic heterocycles. The van der Waals surface area contributed by atoms with Gasteiger partial charge in [-0.05, 0) is 31.7 Å². The second-order valence-electron chi connectivity index (χ2n) is 4.14. The van der Waals surface area contributed by atoms with Crippen LogP contribution in [0.4, 0.5) is 0 Å². The van der Waals surface area contributed by atoms with Crippen molar-refractivity contribution in [1.82, 2.24) is 0 Å². The summed E-state index contributed by atoms with van der Waals surface area (Å²) in [5.41, 5.74) is 6.72. The quantitative estimate of drug-likeness (QED) is 0.801. The van der Waals surface area contributed by atoms with Gasteiger partial charge in [0, 0.05) is 12.1 Å². The van der Waals surface area contributed by atoms with Crippen molar-refractivity contribution >= 4 is 0 Å². The van der Waals surface area contributed by atoms with Gasteiger partial charge in [0.25, 0.3) is 0 Å². The van der Waals surface area contributed by atoms with E-state index in [0.29, 0.717) is 13.2 Å². The molecule has 0 radical (unpaired) electrons. The van der Waals surface area contributed by atoms with Gasteiger partial charge in [0.2, 0.25) is 0 Å². The van der Waals surface area contributed by atoms with Gasteiger partial charge in [-0.1, -0.05) is 12.1 Å². The molecule has 0 saturated heterocycles. The molecule has 0 amide bonds. The Bertz CT molecular complexity index is 348. The fraction of sp³-hybridized carbons (Fsp3) is 0.538. The molecule has 3 nitrogen and oxygen atoms in total. The van der Waals surface area contributed by atoms with Crippen LogP contribution in [0.1, 0.15) is 25.3 Å². The summed E-state index contributed by atoms with van der Waals surface area (Å²) in [5.74, 6) is 2.38. The average Bonchev–Trinajstić information content (AvgIpc) is 3.11. The third-order valence-electron chi connectivity index (χ3n) is 2.74. The van der Waals surface area contributed by atoms with Crippen molar-refractivity contribution in [2.24, 2.45) is 11.7 Å². The molecule has 1 aliphatic carbocycles. The van der Waals surface area contributed by atoms with Gasteiger partial charge in [-0.2, -0.15) is 0 Å². The van der Waals surface area contributed by atoms with E-state index >= 15 is 0 Å². The number of hydrogen-bond donors (Lipinski definition) is 1. The monoisotopic (exact) mass is 221 g/mol. The molecule has 2 N–H and O–H groups in total. The maximum atomic E-state index is 5.83. The summed E-state index contributed by atoms with van der Waals surface area (Å²) in [6.45, 7) is 3.89. The van der Waals surface area contributed by atoms with Crippen LogP contribution < -0.4 is 15.2 Å². The van der Waals surface area contributed by atoms with E-state index in [1.54, 1.807) is 0 Å². The first kappa shape index (κ1) is 11.3. The molecule has 3 heteroatoms.